The molecule has 3 fully saturated rings. The number of benzene rings is 1. The van der Waals surface area contributed by atoms with Crippen molar-refractivity contribution in [2.24, 2.45) is 5.92 Å². The number of ether oxygens (including phenoxy) is 2. The molecule has 5 amide bonds. The van der Waals surface area contributed by atoms with Crippen molar-refractivity contribution in [3.8, 4) is 0 Å². The smallest absolute Gasteiger partial charge is 0.411 e. The maximum absolute atomic E-state index is 14.0. The lowest BCUT2D eigenvalue weighted by atomic mass is 10.1. The Bertz CT molecular complexity index is 1510. The number of hydrogen-bond donors (Lipinski definition) is 4. The van der Waals surface area contributed by atoms with Crippen molar-refractivity contribution in [1.82, 2.24) is 20.3 Å². The summed E-state index contributed by atoms with van der Waals surface area (Å²) in [6, 6.07) is 5.05. The van der Waals surface area contributed by atoms with Crippen LogP contribution in [0.15, 0.2) is 36.9 Å². The Kier molecular flexibility index (Phi) is 10.4. The molecule has 4 bridgehead atoms. The number of unbranched alkanes of at least 4 members (excludes halogenated alkanes) is 1. The maximum Gasteiger partial charge on any atom is 0.411 e. The summed E-state index contributed by atoms with van der Waals surface area (Å²) in [6.07, 6.45) is 3.61. The zero-order valence-electron chi connectivity index (χ0n) is 26.5. The Morgan fingerprint density at radius 3 is 2.66 bits per heavy atom. The van der Waals surface area contributed by atoms with E-state index in [1.54, 1.807) is 12.1 Å². The van der Waals surface area contributed by atoms with E-state index in [9.17, 15) is 32.4 Å². The van der Waals surface area contributed by atoms with E-state index in [1.807, 2.05) is 19.1 Å². The number of carbonyl (C=O) groups is 5. The lowest BCUT2D eigenvalue weighted by Gasteiger charge is -2.29. The number of cyclic esters (lactones) is 1. The Morgan fingerprint density at radius 2 is 1.96 bits per heavy atom. The molecule has 2 heterocycles. The Morgan fingerprint density at radius 1 is 1.17 bits per heavy atom. The first-order valence-electron chi connectivity index (χ1n) is 16.3. The van der Waals surface area contributed by atoms with Crippen LogP contribution in [0, 0.1) is 5.92 Å². The second kappa shape index (κ2) is 14.3. The standard InChI is InChI=1S/C32H43N5O9S/c1-3-5-12-25-28(39)37-19-23(46-31(42)33-22-11-8-10-20(16-22)9-6-7-15-45-30(41)34-25)17-26(37)27(38)35-32(18-21(32)4-2)29(40)36-47(43,44)24-13-14-24/h4,8,10-11,16,21,23-26H,2-3,5-7,9,12-15,17-19H2,1H3,(H,33,42)(H,34,41)(H,35,38)(H,36,40)/t21-,23-,25+,26+,32-/m1/s1. The van der Waals surface area contributed by atoms with Gasteiger partial charge in [0.15, 0.2) is 0 Å². The molecule has 0 spiro atoms. The van der Waals surface area contributed by atoms with Crippen LogP contribution in [0.25, 0.3) is 0 Å². The molecule has 0 aromatic heterocycles. The summed E-state index contributed by atoms with van der Waals surface area (Å²) in [5.41, 5.74) is -0.0714. The number of nitrogens with zero attached hydrogens (tertiary/aromatic N) is 1. The minimum atomic E-state index is -3.89. The first-order valence-corrected chi connectivity index (χ1v) is 17.8. The first-order chi connectivity index (χ1) is 22.5. The van der Waals surface area contributed by atoms with Crippen molar-refractivity contribution in [3.63, 3.8) is 0 Å². The van der Waals surface area contributed by atoms with Crippen LogP contribution in [-0.4, -0.2) is 85.4 Å². The quantitative estimate of drug-likeness (QED) is 0.286. The third-order valence-corrected chi connectivity index (χ3v) is 10.9. The van der Waals surface area contributed by atoms with Crippen LogP contribution < -0.4 is 20.7 Å². The molecule has 47 heavy (non-hydrogen) atoms. The van der Waals surface area contributed by atoms with E-state index in [-0.39, 0.29) is 32.4 Å². The average Bonchev–Trinajstić information content (AvgIpc) is 3.95. The number of carbonyl (C=O) groups excluding carboxylic acids is 5. The Hall–Kier alpha value is -4.14. The van der Waals surface area contributed by atoms with Crippen LogP contribution in [0.5, 0.6) is 0 Å². The van der Waals surface area contributed by atoms with Gasteiger partial charge in [0, 0.05) is 18.0 Å². The van der Waals surface area contributed by atoms with Gasteiger partial charge >= 0.3 is 12.2 Å². The van der Waals surface area contributed by atoms with Gasteiger partial charge in [-0.3, -0.25) is 24.4 Å². The van der Waals surface area contributed by atoms with Gasteiger partial charge in [0.1, 0.15) is 23.7 Å². The first kappa shape index (κ1) is 34.2. The minimum Gasteiger partial charge on any atom is -0.450 e. The van der Waals surface area contributed by atoms with E-state index in [1.165, 1.54) is 11.0 Å². The minimum absolute atomic E-state index is 0.0905. The Labute approximate surface area is 274 Å². The molecule has 2 aliphatic carbocycles. The summed E-state index contributed by atoms with van der Waals surface area (Å²) in [4.78, 5) is 68.2. The monoisotopic (exact) mass is 673 g/mol. The van der Waals surface area contributed by atoms with E-state index >= 15 is 0 Å². The van der Waals surface area contributed by atoms with Gasteiger partial charge in [-0.1, -0.05) is 38.0 Å². The predicted molar refractivity (Wildman–Crippen MR) is 170 cm³/mol. The number of hydrogen-bond acceptors (Lipinski definition) is 9. The third-order valence-electron chi connectivity index (χ3n) is 9.07. The number of anilines is 1. The second-order valence-electron chi connectivity index (χ2n) is 12.7. The number of rotatable bonds is 9. The summed E-state index contributed by atoms with van der Waals surface area (Å²) >= 11 is 0. The summed E-state index contributed by atoms with van der Waals surface area (Å²) in [6.45, 7) is 5.65. The number of aryl methyl sites for hydroxylation is 1. The summed E-state index contributed by atoms with van der Waals surface area (Å²) in [5.74, 6) is -2.68. The molecule has 15 heteroatoms. The van der Waals surface area contributed by atoms with Gasteiger partial charge < -0.3 is 25.0 Å². The molecule has 2 saturated carbocycles. The van der Waals surface area contributed by atoms with E-state index in [0.717, 1.165) is 18.4 Å². The molecule has 1 saturated heterocycles. The van der Waals surface area contributed by atoms with Crippen LogP contribution in [0.2, 0.25) is 0 Å². The molecule has 256 valence electrons. The van der Waals surface area contributed by atoms with Gasteiger partial charge in [-0.2, -0.15) is 0 Å². The van der Waals surface area contributed by atoms with Crippen LogP contribution in [0.1, 0.15) is 70.3 Å². The number of alkyl carbamates (subject to hydrolysis) is 1. The highest BCUT2D eigenvalue weighted by Gasteiger charge is 2.62. The summed E-state index contributed by atoms with van der Waals surface area (Å²) < 4.78 is 38.3. The molecule has 2 aliphatic heterocycles. The molecule has 5 atom stereocenters. The molecule has 4 N–H and O–H groups in total. The lowest BCUT2D eigenvalue weighted by molar-refractivity contribution is -0.141. The summed E-state index contributed by atoms with van der Waals surface area (Å²) in [5, 5.41) is 7.42. The normalized spacial score (nSPS) is 28.4. The molecule has 4 aliphatic rings. The van der Waals surface area contributed by atoms with Gasteiger partial charge in [0.25, 0.3) is 5.91 Å². The molecular weight excluding hydrogens is 630 g/mol. The highest BCUT2D eigenvalue weighted by molar-refractivity contribution is 7.91. The van der Waals surface area contributed by atoms with Crippen LogP contribution >= 0.6 is 0 Å². The Balaban J connectivity index is 1.39. The van der Waals surface area contributed by atoms with Gasteiger partial charge in [0.05, 0.1) is 18.4 Å². The van der Waals surface area contributed by atoms with Crippen LogP contribution in [-0.2, 0) is 40.3 Å². The number of sulfonamides is 1. The van der Waals surface area contributed by atoms with Gasteiger partial charge in [0.2, 0.25) is 21.8 Å². The van der Waals surface area contributed by atoms with E-state index in [0.29, 0.717) is 37.8 Å². The fourth-order valence-electron chi connectivity index (χ4n) is 6.14. The largest absolute Gasteiger partial charge is 0.450 e. The fourth-order valence-corrected chi connectivity index (χ4v) is 7.51. The van der Waals surface area contributed by atoms with Gasteiger partial charge in [-0.25, -0.2) is 18.0 Å². The number of amides is 5. The average molecular weight is 674 g/mol. The number of fused-ring (bicyclic) bond motifs is 4. The van der Waals surface area contributed by atoms with Crippen molar-refractivity contribution in [3.05, 3.63) is 42.5 Å². The molecule has 1 aromatic carbocycles. The maximum atomic E-state index is 14.0. The predicted octanol–water partition coefficient (Wildman–Crippen LogP) is 2.50. The van der Waals surface area contributed by atoms with Crippen molar-refractivity contribution in [2.45, 2.75) is 100 Å². The SMILES string of the molecule is C=C[C@@H]1C[C@]1(NC(=O)[C@@H]1C[C@@H]2CN1C(=O)[C@H](CCCC)NC(=O)OCCCCc1cccc(c1)NC(=O)O2)C(=O)NS(=O)(=O)C1CC1. The van der Waals surface area contributed by atoms with Crippen LogP contribution in [0.4, 0.5) is 15.3 Å². The zero-order chi connectivity index (χ0) is 33.8. The third kappa shape index (κ3) is 8.24. The van der Waals surface area contributed by atoms with Gasteiger partial charge in [-0.15, -0.1) is 6.58 Å². The van der Waals surface area contributed by atoms with E-state index < -0.39 is 74.8 Å². The molecule has 1 aromatic rings. The fraction of sp³-hybridized carbons (Fsp3) is 0.594. The topological polar surface area (TPSA) is 189 Å². The van der Waals surface area contributed by atoms with Crippen LogP contribution in [0.3, 0.4) is 0 Å². The molecule has 0 unspecified atom stereocenters. The second-order valence-corrected chi connectivity index (χ2v) is 14.7. The van der Waals surface area contributed by atoms with E-state index in [4.69, 9.17) is 9.47 Å². The molecule has 14 nitrogen and oxygen atoms in total. The van der Waals surface area contributed by atoms with Gasteiger partial charge in [-0.05, 0) is 62.6 Å². The zero-order valence-corrected chi connectivity index (χ0v) is 27.3. The molecule has 5 rings (SSSR count). The van der Waals surface area contributed by atoms with Crippen molar-refractivity contribution in [1.29, 1.82) is 0 Å². The highest BCUT2D eigenvalue weighted by Crippen LogP contribution is 2.45. The molecular formula is C32H43N5O9S. The highest BCUT2D eigenvalue weighted by atomic mass is 32.2. The van der Waals surface area contributed by atoms with E-state index in [2.05, 4.69) is 27.3 Å². The molecule has 0 radical (unpaired) electrons. The van der Waals surface area contributed by atoms with Crippen molar-refractivity contribution >= 4 is 45.6 Å². The van der Waals surface area contributed by atoms with Crippen molar-refractivity contribution in [2.75, 3.05) is 18.5 Å². The lowest BCUT2D eigenvalue weighted by Crippen LogP contribution is -2.58. The van der Waals surface area contributed by atoms with Crippen molar-refractivity contribution < 1.29 is 41.9 Å². The number of nitrogens with one attached hydrogen (secondary N) is 4. The summed E-state index contributed by atoms with van der Waals surface area (Å²) in [7, 11) is -3.89.